The van der Waals surface area contributed by atoms with Crippen molar-refractivity contribution in [3.8, 4) is 11.5 Å². The molecular weight excluding hydrogens is 516 g/mol. The SMILES string of the molecule is CCCCCCOc1ccc(C2c3c(oc4cc(C)c(Cl)cc4c3=O)C(=O)N2Cc2cccnc2)cc1OC. The third kappa shape index (κ3) is 5.23. The first-order valence-corrected chi connectivity index (χ1v) is 13.6. The van der Waals surface area contributed by atoms with Crippen LogP contribution in [0.2, 0.25) is 5.02 Å². The summed E-state index contributed by atoms with van der Waals surface area (Å²) in [5.41, 5.74) is 2.64. The molecule has 0 saturated heterocycles. The van der Waals surface area contributed by atoms with Crippen LogP contribution < -0.4 is 14.9 Å². The molecule has 4 aromatic rings. The highest BCUT2D eigenvalue weighted by molar-refractivity contribution is 6.32. The lowest BCUT2D eigenvalue weighted by atomic mass is 9.97. The number of aromatic nitrogens is 1. The molecular formula is C31H31ClN2O5. The van der Waals surface area contributed by atoms with E-state index in [2.05, 4.69) is 11.9 Å². The molecule has 7 nitrogen and oxygen atoms in total. The van der Waals surface area contributed by atoms with E-state index in [0.29, 0.717) is 39.7 Å². The number of benzene rings is 2. The quantitative estimate of drug-likeness (QED) is 0.202. The van der Waals surface area contributed by atoms with Gasteiger partial charge in [-0.05, 0) is 60.4 Å². The van der Waals surface area contributed by atoms with Crippen LogP contribution >= 0.6 is 11.6 Å². The van der Waals surface area contributed by atoms with Crippen LogP contribution in [-0.4, -0.2) is 29.5 Å². The van der Waals surface area contributed by atoms with Gasteiger partial charge in [0, 0.05) is 24.0 Å². The zero-order chi connectivity index (χ0) is 27.5. The number of carbonyl (C=O) groups is 1. The van der Waals surface area contributed by atoms with Crippen LogP contribution in [0, 0.1) is 6.92 Å². The predicted molar refractivity (Wildman–Crippen MR) is 151 cm³/mol. The summed E-state index contributed by atoms with van der Waals surface area (Å²) in [5.74, 6) is 0.835. The van der Waals surface area contributed by atoms with Crippen molar-refractivity contribution in [1.29, 1.82) is 0 Å². The highest BCUT2D eigenvalue weighted by Crippen LogP contribution is 2.42. The zero-order valence-corrected chi connectivity index (χ0v) is 23.1. The topological polar surface area (TPSA) is 81.9 Å². The molecule has 0 spiro atoms. The van der Waals surface area contributed by atoms with Crippen molar-refractivity contribution in [2.45, 2.75) is 52.1 Å². The van der Waals surface area contributed by atoms with Gasteiger partial charge >= 0.3 is 0 Å². The van der Waals surface area contributed by atoms with Gasteiger partial charge in [-0.3, -0.25) is 14.6 Å². The molecule has 0 saturated carbocycles. The van der Waals surface area contributed by atoms with Gasteiger partial charge in [0.2, 0.25) is 5.76 Å². The summed E-state index contributed by atoms with van der Waals surface area (Å²) in [5, 5.41) is 0.800. The fourth-order valence-electron chi connectivity index (χ4n) is 5.02. The molecule has 2 aromatic heterocycles. The van der Waals surface area contributed by atoms with Crippen LogP contribution in [-0.2, 0) is 6.54 Å². The van der Waals surface area contributed by atoms with E-state index in [1.165, 1.54) is 6.42 Å². The number of methoxy groups -OCH3 is 1. The minimum absolute atomic E-state index is 0.0401. The van der Waals surface area contributed by atoms with Crippen molar-refractivity contribution < 1.29 is 18.7 Å². The summed E-state index contributed by atoms with van der Waals surface area (Å²) in [6, 6.07) is 11.9. The molecule has 0 N–H and O–H groups in total. The van der Waals surface area contributed by atoms with E-state index in [1.54, 1.807) is 36.5 Å². The van der Waals surface area contributed by atoms with Gasteiger partial charge in [-0.1, -0.05) is 49.9 Å². The van der Waals surface area contributed by atoms with Crippen LogP contribution in [0.4, 0.5) is 0 Å². The summed E-state index contributed by atoms with van der Waals surface area (Å²) in [6.07, 6.45) is 7.77. The monoisotopic (exact) mass is 546 g/mol. The first kappa shape index (κ1) is 26.8. The van der Waals surface area contributed by atoms with E-state index in [9.17, 15) is 9.59 Å². The molecule has 1 aliphatic rings. The van der Waals surface area contributed by atoms with Gasteiger partial charge < -0.3 is 18.8 Å². The van der Waals surface area contributed by atoms with Crippen LogP contribution in [0.5, 0.6) is 11.5 Å². The minimum atomic E-state index is -0.694. The number of amides is 1. The molecule has 1 unspecified atom stereocenters. The average molecular weight is 547 g/mol. The Morgan fingerprint density at radius 2 is 1.92 bits per heavy atom. The predicted octanol–water partition coefficient (Wildman–Crippen LogP) is 6.86. The molecule has 202 valence electrons. The second-order valence-corrected chi connectivity index (χ2v) is 10.2. The largest absolute Gasteiger partial charge is 0.493 e. The van der Waals surface area contributed by atoms with E-state index < -0.39 is 6.04 Å². The number of rotatable bonds is 10. The summed E-state index contributed by atoms with van der Waals surface area (Å²) in [6.45, 7) is 4.83. The number of nitrogens with zero attached hydrogens (tertiary/aromatic N) is 2. The van der Waals surface area contributed by atoms with E-state index >= 15 is 0 Å². The van der Waals surface area contributed by atoms with Crippen molar-refractivity contribution in [3.05, 3.63) is 98.1 Å². The van der Waals surface area contributed by atoms with Crippen LogP contribution in [0.25, 0.3) is 11.0 Å². The summed E-state index contributed by atoms with van der Waals surface area (Å²) < 4.78 is 17.8. The Hall–Kier alpha value is -3.84. The van der Waals surface area contributed by atoms with Crippen LogP contribution in [0.15, 0.2) is 64.1 Å². The van der Waals surface area contributed by atoms with Gasteiger partial charge in [-0.25, -0.2) is 0 Å². The van der Waals surface area contributed by atoms with E-state index in [0.717, 1.165) is 30.4 Å². The Morgan fingerprint density at radius 3 is 2.67 bits per heavy atom. The molecule has 8 heteroatoms. The summed E-state index contributed by atoms with van der Waals surface area (Å²) in [7, 11) is 1.58. The number of ether oxygens (including phenoxy) is 2. The van der Waals surface area contributed by atoms with Gasteiger partial charge in [0.15, 0.2) is 16.9 Å². The van der Waals surface area contributed by atoms with Crippen molar-refractivity contribution in [2.75, 3.05) is 13.7 Å². The molecule has 1 amide bonds. The molecule has 5 rings (SSSR count). The van der Waals surface area contributed by atoms with Gasteiger partial charge in [0.05, 0.1) is 30.7 Å². The fraction of sp³-hybridized carbons (Fsp3) is 0.323. The number of hydrogen-bond donors (Lipinski definition) is 0. The van der Waals surface area contributed by atoms with Gasteiger partial charge in [0.1, 0.15) is 5.58 Å². The maximum Gasteiger partial charge on any atom is 0.291 e. The lowest BCUT2D eigenvalue weighted by Gasteiger charge is -2.26. The summed E-state index contributed by atoms with van der Waals surface area (Å²) >= 11 is 6.36. The second kappa shape index (κ2) is 11.5. The Bertz CT molecular complexity index is 1570. The third-order valence-corrected chi connectivity index (χ3v) is 7.49. The summed E-state index contributed by atoms with van der Waals surface area (Å²) in [4.78, 5) is 33.5. The van der Waals surface area contributed by atoms with Crippen LogP contribution in [0.1, 0.15) is 71.5 Å². The highest BCUT2D eigenvalue weighted by Gasteiger charge is 2.43. The maximum atomic E-state index is 13.9. The second-order valence-electron chi connectivity index (χ2n) is 9.79. The lowest BCUT2D eigenvalue weighted by molar-refractivity contribution is 0.0714. The van der Waals surface area contributed by atoms with Crippen molar-refractivity contribution in [2.24, 2.45) is 0 Å². The maximum absolute atomic E-state index is 13.9. The molecule has 0 bridgehead atoms. The third-order valence-electron chi connectivity index (χ3n) is 7.08. The number of pyridine rings is 1. The first-order chi connectivity index (χ1) is 18.9. The van der Waals surface area contributed by atoms with Gasteiger partial charge in [-0.2, -0.15) is 0 Å². The van der Waals surface area contributed by atoms with Gasteiger partial charge in [0.25, 0.3) is 5.91 Å². The molecule has 1 atom stereocenters. The highest BCUT2D eigenvalue weighted by atomic mass is 35.5. The first-order valence-electron chi connectivity index (χ1n) is 13.2. The Labute approximate surface area is 232 Å². The average Bonchev–Trinajstić information content (AvgIpc) is 3.21. The van der Waals surface area contributed by atoms with Crippen molar-refractivity contribution in [3.63, 3.8) is 0 Å². The Balaban J connectivity index is 1.60. The smallest absolute Gasteiger partial charge is 0.291 e. The molecule has 0 aliphatic carbocycles. The van der Waals surface area contributed by atoms with E-state index in [-0.39, 0.29) is 29.2 Å². The molecule has 0 fully saturated rings. The van der Waals surface area contributed by atoms with Crippen LogP contribution in [0.3, 0.4) is 0 Å². The number of aryl methyl sites for hydroxylation is 1. The normalized spacial score (nSPS) is 14.6. The Kier molecular flexibility index (Phi) is 7.89. The zero-order valence-electron chi connectivity index (χ0n) is 22.3. The van der Waals surface area contributed by atoms with E-state index in [4.69, 9.17) is 25.5 Å². The molecule has 39 heavy (non-hydrogen) atoms. The number of hydrogen-bond acceptors (Lipinski definition) is 6. The lowest BCUT2D eigenvalue weighted by Crippen LogP contribution is -2.29. The number of fused-ring (bicyclic) bond motifs is 2. The molecule has 0 radical (unpaired) electrons. The van der Waals surface area contributed by atoms with Crippen molar-refractivity contribution in [1.82, 2.24) is 9.88 Å². The van der Waals surface area contributed by atoms with Crippen molar-refractivity contribution >= 4 is 28.5 Å². The molecule has 1 aliphatic heterocycles. The van der Waals surface area contributed by atoms with E-state index in [1.807, 2.05) is 37.3 Å². The number of unbranched alkanes of at least 4 members (excludes halogenated alkanes) is 3. The number of carbonyl (C=O) groups excluding carboxylic acids is 1. The minimum Gasteiger partial charge on any atom is -0.493 e. The molecule has 3 heterocycles. The van der Waals surface area contributed by atoms with Gasteiger partial charge in [-0.15, -0.1) is 0 Å². The fourth-order valence-corrected chi connectivity index (χ4v) is 5.19. The Morgan fingerprint density at radius 1 is 1.08 bits per heavy atom. The standard InChI is InChI=1S/C31H31ClN2O5/c1-4-5-6-7-13-38-24-11-10-21(15-26(24)37-3)28-27-29(35)22-16-23(32)19(2)14-25(22)39-30(27)31(36)34(28)18-20-9-8-12-33-17-20/h8-12,14-17,28H,4-7,13,18H2,1-3H3. The number of halogens is 1. The molecule has 2 aromatic carbocycles.